The average Bonchev–Trinajstić information content (AvgIpc) is 2.27. The van der Waals surface area contributed by atoms with Crippen LogP contribution in [0.3, 0.4) is 0 Å². The molecule has 1 saturated heterocycles. The zero-order valence-electron chi connectivity index (χ0n) is 9.32. The topological polar surface area (TPSA) is 56.8 Å². The third kappa shape index (κ3) is 5.11. The molecular weight excluding hydrogens is 198 g/mol. The summed E-state index contributed by atoms with van der Waals surface area (Å²) in [4.78, 5) is 11.0. The van der Waals surface area contributed by atoms with Gasteiger partial charge in [0.05, 0.1) is 39.5 Å². The molecule has 0 saturated carbocycles. The van der Waals surface area contributed by atoms with Crippen LogP contribution in [0.15, 0.2) is 0 Å². The van der Waals surface area contributed by atoms with Gasteiger partial charge in [-0.05, 0) is 6.92 Å². The predicted octanol–water partition coefficient (Wildman–Crippen LogP) is -0.0570. The van der Waals surface area contributed by atoms with E-state index in [1.54, 1.807) is 0 Å². The monoisotopic (exact) mass is 217 g/mol. The van der Waals surface area contributed by atoms with Crippen molar-refractivity contribution < 1.29 is 19.0 Å². The third-order valence-corrected chi connectivity index (χ3v) is 2.28. The van der Waals surface area contributed by atoms with E-state index in [-0.39, 0.29) is 18.1 Å². The molecule has 2 atom stereocenters. The lowest BCUT2D eigenvalue weighted by Crippen LogP contribution is -2.41. The van der Waals surface area contributed by atoms with Gasteiger partial charge in [0.2, 0.25) is 0 Å². The Morgan fingerprint density at radius 3 is 3.00 bits per heavy atom. The zero-order valence-corrected chi connectivity index (χ0v) is 9.32. The van der Waals surface area contributed by atoms with E-state index in [4.69, 9.17) is 9.47 Å². The van der Waals surface area contributed by atoms with E-state index in [1.807, 2.05) is 6.92 Å². The number of carbonyl (C=O) groups excluding carboxylic acids is 1. The number of carbonyl (C=O) groups is 1. The lowest BCUT2D eigenvalue weighted by molar-refractivity contribution is -0.141. The Kier molecular flexibility index (Phi) is 5.60. The molecule has 1 aliphatic rings. The molecule has 0 aromatic carbocycles. The average molecular weight is 217 g/mol. The molecular formula is C10H19NO4. The first-order valence-corrected chi connectivity index (χ1v) is 5.22. The number of hydrogen-bond acceptors (Lipinski definition) is 5. The van der Waals surface area contributed by atoms with Crippen molar-refractivity contribution in [3.8, 4) is 0 Å². The van der Waals surface area contributed by atoms with Crippen LogP contribution in [0.5, 0.6) is 0 Å². The van der Waals surface area contributed by atoms with Crippen LogP contribution in [0.25, 0.3) is 0 Å². The Morgan fingerprint density at radius 2 is 2.40 bits per heavy atom. The van der Waals surface area contributed by atoms with Gasteiger partial charge in [0.25, 0.3) is 0 Å². The second-order valence-corrected chi connectivity index (χ2v) is 3.66. The molecule has 1 fully saturated rings. The van der Waals surface area contributed by atoms with Crippen LogP contribution in [0.4, 0.5) is 0 Å². The van der Waals surface area contributed by atoms with Crippen LogP contribution in [0.1, 0.15) is 13.3 Å². The van der Waals surface area contributed by atoms with Gasteiger partial charge in [0, 0.05) is 12.6 Å². The molecule has 0 radical (unpaired) electrons. The lowest BCUT2D eigenvalue weighted by Gasteiger charge is -2.24. The SMILES string of the molecule is COC(=O)CC(C)NCC1COCCO1. The van der Waals surface area contributed by atoms with E-state index in [9.17, 15) is 4.79 Å². The molecule has 0 aliphatic carbocycles. The van der Waals surface area contributed by atoms with Crippen molar-refractivity contribution in [2.45, 2.75) is 25.5 Å². The van der Waals surface area contributed by atoms with Gasteiger partial charge < -0.3 is 19.5 Å². The van der Waals surface area contributed by atoms with Crippen molar-refractivity contribution in [3.63, 3.8) is 0 Å². The van der Waals surface area contributed by atoms with E-state index in [2.05, 4.69) is 10.1 Å². The second kappa shape index (κ2) is 6.76. The molecule has 0 bridgehead atoms. The summed E-state index contributed by atoms with van der Waals surface area (Å²) in [6.07, 6.45) is 0.475. The van der Waals surface area contributed by atoms with Gasteiger partial charge in [0.15, 0.2) is 0 Å². The minimum atomic E-state index is -0.198. The molecule has 5 nitrogen and oxygen atoms in total. The molecule has 0 spiro atoms. The molecule has 5 heteroatoms. The third-order valence-electron chi connectivity index (χ3n) is 2.28. The molecule has 2 unspecified atom stereocenters. The van der Waals surface area contributed by atoms with Crippen molar-refractivity contribution in [1.82, 2.24) is 5.32 Å². The van der Waals surface area contributed by atoms with Gasteiger partial charge in [0.1, 0.15) is 0 Å². The highest BCUT2D eigenvalue weighted by molar-refractivity contribution is 5.69. The van der Waals surface area contributed by atoms with E-state index < -0.39 is 0 Å². The van der Waals surface area contributed by atoms with Gasteiger partial charge >= 0.3 is 5.97 Å². The maximum absolute atomic E-state index is 11.0. The van der Waals surface area contributed by atoms with E-state index in [1.165, 1.54) is 7.11 Å². The number of ether oxygens (including phenoxy) is 3. The van der Waals surface area contributed by atoms with Crippen molar-refractivity contribution in [3.05, 3.63) is 0 Å². The van der Waals surface area contributed by atoms with E-state index in [0.29, 0.717) is 32.8 Å². The van der Waals surface area contributed by atoms with Crippen molar-refractivity contribution in [1.29, 1.82) is 0 Å². The summed E-state index contributed by atoms with van der Waals surface area (Å²) in [7, 11) is 1.40. The quantitative estimate of drug-likeness (QED) is 0.654. The smallest absolute Gasteiger partial charge is 0.307 e. The predicted molar refractivity (Wildman–Crippen MR) is 54.7 cm³/mol. The van der Waals surface area contributed by atoms with Crippen molar-refractivity contribution in [2.75, 3.05) is 33.5 Å². The Hall–Kier alpha value is -0.650. The number of rotatable bonds is 5. The highest BCUT2D eigenvalue weighted by Crippen LogP contribution is 2.00. The Morgan fingerprint density at radius 1 is 1.60 bits per heavy atom. The van der Waals surface area contributed by atoms with Crippen LogP contribution < -0.4 is 5.32 Å². The van der Waals surface area contributed by atoms with Crippen molar-refractivity contribution in [2.24, 2.45) is 0 Å². The molecule has 0 aromatic heterocycles. The van der Waals surface area contributed by atoms with E-state index in [0.717, 1.165) is 0 Å². The highest BCUT2D eigenvalue weighted by Gasteiger charge is 2.16. The van der Waals surface area contributed by atoms with Gasteiger partial charge in [-0.15, -0.1) is 0 Å². The summed E-state index contributed by atoms with van der Waals surface area (Å²) in [6, 6.07) is 0.1000. The maximum Gasteiger partial charge on any atom is 0.307 e. The molecule has 1 rings (SSSR count). The molecule has 15 heavy (non-hydrogen) atoms. The Balaban J connectivity index is 2.09. The minimum absolute atomic E-state index is 0.0962. The molecule has 1 N–H and O–H groups in total. The number of methoxy groups -OCH3 is 1. The number of esters is 1. The van der Waals surface area contributed by atoms with Crippen LogP contribution >= 0.6 is 0 Å². The Labute approximate surface area is 90.1 Å². The molecule has 0 aromatic rings. The van der Waals surface area contributed by atoms with Crippen molar-refractivity contribution >= 4 is 5.97 Å². The largest absolute Gasteiger partial charge is 0.469 e. The normalized spacial score (nSPS) is 23.5. The second-order valence-electron chi connectivity index (χ2n) is 3.66. The first-order valence-electron chi connectivity index (χ1n) is 5.22. The Bertz CT molecular complexity index is 192. The standard InChI is InChI=1S/C10H19NO4/c1-8(5-10(12)13-2)11-6-9-7-14-3-4-15-9/h8-9,11H,3-7H2,1-2H3. The van der Waals surface area contributed by atoms with Gasteiger partial charge in [-0.25, -0.2) is 0 Å². The fourth-order valence-corrected chi connectivity index (χ4v) is 1.39. The first kappa shape index (κ1) is 12.4. The zero-order chi connectivity index (χ0) is 11.1. The fourth-order valence-electron chi connectivity index (χ4n) is 1.39. The molecule has 1 heterocycles. The van der Waals surface area contributed by atoms with Gasteiger partial charge in [-0.1, -0.05) is 0 Å². The minimum Gasteiger partial charge on any atom is -0.469 e. The summed E-state index contributed by atoms with van der Waals surface area (Å²) < 4.78 is 15.3. The highest BCUT2D eigenvalue weighted by atomic mass is 16.6. The van der Waals surface area contributed by atoms with Crippen LogP contribution in [-0.2, 0) is 19.0 Å². The lowest BCUT2D eigenvalue weighted by atomic mass is 10.2. The van der Waals surface area contributed by atoms with Gasteiger partial charge in [-0.3, -0.25) is 4.79 Å². The van der Waals surface area contributed by atoms with Crippen LogP contribution in [-0.4, -0.2) is 51.6 Å². The maximum atomic E-state index is 11.0. The van der Waals surface area contributed by atoms with Gasteiger partial charge in [-0.2, -0.15) is 0 Å². The number of hydrogen-bond donors (Lipinski definition) is 1. The van der Waals surface area contributed by atoms with E-state index >= 15 is 0 Å². The molecule has 0 amide bonds. The summed E-state index contributed by atoms with van der Waals surface area (Å²) in [5, 5.41) is 3.21. The summed E-state index contributed by atoms with van der Waals surface area (Å²) in [6.45, 7) is 4.60. The first-order chi connectivity index (χ1) is 7.22. The fraction of sp³-hybridized carbons (Fsp3) is 0.900. The van der Waals surface area contributed by atoms with Crippen LogP contribution in [0.2, 0.25) is 0 Å². The molecule has 88 valence electrons. The number of nitrogens with one attached hydrogen (secondary N) is 1. The summed E-state index contributed by atoms with van der Waals surface area (Å²) in [5.41, 5.74) is 0. The summed E-state index contributed by atoms with van der Waals surface area (Å²) in [5.74, 6) is -0.198. The van der Waals surface area contributed by atoms with Crippen LogP contribution in [0, 0.1) is 0 Å². The molecule has 1 aliphatic heterocycles. The summed E-state index contributed by atoms with van der Waals surface area (Å²) >= 11 is 0.